The lowest BCUT2D eigenvalue weighted by Crippen LogP contribution is -2.24. The van der Waals surface area contributed by atoms with Crippen LogP contribution in [-0.2, 0) is 0 Å². The van der Waals surface area contributed by atoms with E-state index in [-0.39, 0.29) is 16.0 Å². The SMILES string of the molecule is CCC1CSC(c2ccc([N+](=O)[O-])cc2)N1. The summed E-state index contributed by atoms with van der Waals surface area (Å²) in [7, 11) is 0. The summed E-state index contributed by atoms with van der Waals surface area (Å²) in [5, 5.41) is 14.3. The first-order valence-electron chi connectivity index (χ1n) is 5.32. The zero-order chi connectivity index (χ0) is 11.5. The minimum Gasteiger partial charge on any atom is -0.298 e. The molecule has 0 radical (unpaired) electrons. The molecule has 1 aliphatic rings. The van der Waals surface area contributed by atoms with Gasteiger partial charge in [0.15, 0.2) is 0 Å². The molecule has 1 heterocycles. The Balaban J connectivity index is 2.08. The van der Waals surface area contributed by atoms with Gasteiger partial charge < -0.3 is 0 Å². The number of non-ortho nitro benzene ring substituents is 1. The molecule has 0 spiro atoms. The van der Waals surface area contributed by atoms with Gasteiger partial charge in [-0.05, 0) is 24.1 Å². The normalized spacial score (nSPS) is 24.6. The van der Waals surface area contributed by atoms with Crippen LogP contribution in [0.4, 0.5) is 5.69 Å². The molecule has 2 rings (SSSR count). The van der Waals surface area contributed by atoms with Gasteiger partial charge in [-0.2, -0.15) is 0 Å². The first-order valence-corrected chi connectivity index (χ1v) is 6.37. The molecule has 5 heteroatoms. The Morgan fingerprint density at radius 2 is 2.19 bits per heavy atom. The summed E-state index contributed by atoms with van der Waals surface area (Å²) >= 11 is 1.86. The molecular weight excluding hydrogens is 224 g/mol. The average Bonchev–Trinajstić information content (AvgIpc) is 2.77. The van der Waals surface area contributed by atoms with Gasteiger partial charge in [0, 0.05) is 23.9 Å². The fourth-order valence-electron chi connectivity index (χ4n) is 1.72. The third-order valence-corrected chi connectivity index (χ3v) is 4.09. The molecule has 2 atom stereocenters. The van der Waals surface area contributed by atoms with E-state index in [2.05, 4.69) is 12.2 Å². The van der Waals surface area contributed by atoms with Gasteiger partial charge in [-0.1, -0.05) is 6.92 Å². The summed E-state index contributed by atoms with van der Waals surface area (Å²) in [6.45, 7) is 2.16. The number of rotatable bonds is 3. The molecule has 0 bridgehead atoms. The van der Waals surface area contributed by atoms with Gasteiger partial charge in [0.1, 0.15) is 0 Å². The molecule has 1 fully saturated rings. The van der Waals surface area contributed by atoms with E-state index >= 15 is 0 Å². The zero-order valence-electron chi connectivity index (χ0n) is 9.05. The monoisotopic (exact) mass is 238 g/mol. The van der Waals surface area contributed by atoms with Crippen LogP contribution < -0.4 is 5.32 Å². The van der Waals surface area contributed by atoms with Crippen LogP contribution in [0, 0.1) is 10.1 Å². The largest absolute Gasteiger partial charge is 0.298 e. The van der Waals surface area contributed by atoms with Gasteiger partial charge in [0.2, 0.25) is 0 Å². The Kier molecular flexibility index (Phi) is 3.46. The molecule has 0 amide bonds. The number of nitrogens with one attached hydrogen (secondary N) is 1. The number of benzene rings is 1. The van der Waals surface area contributed by atoms with Crippen LogP contribution in [0.1, 0.15) is 24.3 Å². The number of hydrogen-bond donors (Lipinski definition) is 1. The van der Waals surface area contributed by atoms with Crippen molar-refractivity contribution in [3.63, 3.8) is 0 Å². The van der Waals surface area contributed by atoms with Crippen molar-refractivity contribution in [2.45, 2.75) is 24.8 Å². The maximum atomic E-state index is 10.5. The Morgan fingerprint density at radius 3 is 2.69 bits per heavy atom. The number of nitrogens with zero attached hydrogens (tertiary/aromatic N) is 1. The van der Waals surface area contributed by atoms with Crippen LogP contribution in [0.2, 0.25) is 0 Å². The third kappa shape index (κ3) is 2.36. The Hall–Kier alpha value is -1.07. The highest BCUT2D eigenvalue weighted by Gasteiger charge is 2.24. The van der Waals surface area contributed by atoms with Gasteiger partial charge in [-0.15, -0.1) is 11.8 Å². The second-order valence-corrected chi connectivity index (χ2v) is 4.97. The lowest BCUT2D eigenvalue weighted by atomic mass is 10.2. The Labute approximate surface area is 98.6 Å². The van der Waals surface area contributed by atoms with Crippen molar-refractivity contribution in [1.29, 1.82) is 0 Å². The van der Waals surface area contributed by atoms with Crippen molar-refractivity contribution in [3.05, 3.63) is 39.9 Å². The lowest BCUT2D eigenvalue weighted by molar-refractivity contribution is -0.384. The van der Waals surface area contributed by atoms with E-state index in [0.717, 1.165) is 17.7 Å². The average molecular weight is 238 g/mol. The lowest BCUT2D eigenvalue weighted by Gasteiger charge is -2.11. The maximum absolute atomic E-state index is 10.5. The predicted molar refractivity (Wildman–Crippen MR) is 65.5 cm³/mol. The van der Waals surface area contributed by atoms with Crippen LogP contribution in [0.5, 0.6) is 0 Å². The van der Waals surface area contributed by atoms with Crippen LogP contribution >= 0.6 is 11.8 Å². The van der Waals surface area contributed by atoms with Gasteiger partial charge in [0.25, 0.3) is 5.69 Å². The van der Waals surface area contributed by atoms with Gasteiger partial charge >= 0.3 is 0 Å². The molecule has 86 valence electrons. The summed E-state index contributed by atoms with van der Waals surface area (Å²) in [5.74, 6) is 1.11. The molecule has 1 aliphatic heterocycles. The van der Waals surface area contributed by atoms with Crippen molar-refractivity contribution in [2.24, 2.45) is 0 Å². The Morgan fingerprint density at radius 1 is 1.50 bits per heavy atom. The summed E-state index contributed by atoms with van der Waals surface area (Å²) in [4.78, 5) is 10.1. The van der Waals surface area contributed by atoms with Crippen LogP contribution in [0.15, 0.2) is 24.3 Å². The number of nitro benzene ring substituents is 1. The van der Waals surface area contributed by atoms with Gasteiger partial charge in [-0.3, -0.25) is 15.4 Å². The summed E-state index contributed by atoms with van der Waals surface area (Å²) in [6, 6.07) is 7.36. The zero-order valence-corrected chi connectivity index (χ0v) is 9.87. The highest BCUT2D eigenvalue weighted by Crippen LogP contribution is 2.34. The molecule has 2 unspecified atom stereocenters. The quantitative estimate of drug-likeness (QED) is 0.649. The first kappa shape index (κ1) is 11.4. The smallest absolute Gasteiger partial charge is 0.269 e. The van der Waals surface area contributed by atoms with E-state index in [1.807, 2.05) is 23.9 Å². The number of hydrogen-bond acceptors (Lipinski definition) is 4. The van der Waals surface area contributed by atoms with E-state index in [1.165, 1.54) is 0 Å². The molecule has 0 aromatic heterocycles. The third-order valence-electron chi connectivity index (χ3n) is 2.75. The second-order valence-electron chi connectivity index (χ2n) is 3.83. The standard InChI is InChI=1S/C11H14N2O2S/c1-2-9-7-16-11(12-9)8-3-5-10(6-4-8)13(14)15/h3-6,9,11-12H,2,7H2,1H3. The van der Waals surface area contributed by atoms with Crippen molar-refractivity contribution < 1.29 is 4.92 Å². The highest BCUT2D eigenvalue weighted by molar-refractivity contribution is 7.99. The number of nitro groups is 1. The van der Waals surface area contributed by atoms with Crippen molar-refractivity contribution in [1.82, 2.24) is 5.32 Å². The number of thioether (sulfide) groups is 1. The first-order chi connectivity index (χ1) is 7.70. The summed E-state index contributed by atoms with van der Waals surface area (Å²) < 4.78 is 0. The molecular formula is C11H14N2O2S. The molecule has 1 aromatic rings. The molecule has 16 heavy (non-hydrogen) atoms. The molecule has 0 aliphatic carbocycles. The van der Waals surface area contributed by atoms with Crippen molar-refractivity contribution >= 4 is 17.4 Å². The fourth-order valence-corrected chi connectivity index (χ4v) is 3.12. The topological polar surface area (TPSA) is 55.2 Å². The van der Waals surface area contributed by atoms with E-state index in [4.69, 9.17) is 0 Å². The molecule has 4 nitrogen and oxygen atoms in total. The van der Waals surface area contributed by atoms with E-state index in [0.29, 0.717) is 6.04 Å². The minimum atomic E-state index is -0.367. The summed E-state index contributed by atoms with van der Waals surface area (Å²) in [6.07, 6.45) is 1.12. The Bertz CT molecular complexity index is 380. The minimum absolute atomic E-state index is 0.152. The van der Waals surface area contributed by atoms with Crippen LogP contribution in [0.25, 0.3) is 0 Å². The van der Waals surface area contributed by atoms with Crippen molar-refractivity contribution in [3.8, 4) is 0 Å². The fraction of sp³-hybridized carbons (Fsp3) is 0.455. The summed E-state index contributed by atoms with van der Waals surface area (Å²) in [5.41, 5.74) is 1.27. The molecule has 0 saturated carbocycles. The highest BCUT2D eigenvalue weighted by atomic mass is 32.2. The van der Waals surface area contributed by atoms with E-state index in [1.54, 1.807) is 12.1 Å². The van der Waals surface area contributed by atoms with E-state index < -0.39 is 0 Å². The molecule has 1 N–H and O–H groups in total. The molecule has 1 aromatic carbocycles. The van der Waals surface area contributed by atoms with E-state index in [9.17, 15) is 10.1 Å². The molecule has 1 saturated heterocycles. The van der Waals surface area contributed by atoms with Crippen LogP contribution in [0.3, 0.4) is 0 Å². The predicted octanol–water partition coefficient (Wildman–Crippen LogP) is 2.71. The van der Waals surface area contributed by atoms with Gasteiger partial charge in [-0.25, -0.2) is 0 Å². The second kappa shape index (κ2) is 4.84. The maximum Gasteiger partial charge on any atom is 0.269 e. The van der Waals surface area contributed by atoms with Gasteiger partial charge in [0.05, 0.1) is 10.3 Å². The van der Waals surface area contributed by atoms with Crippen molar-refractivity contribution in [2.75, 3.05) is 5.75 Å². The van der Waals surface area contributed by atoms with Crippen LogP contribution in [-0.4, -0.2) is 16.7 Å².